The summed E-state index contributed by atoms with van der Waals surface area (Å²) in [5.41, 5.74) is 0. The van der Waals surface area contributed by atoms with E-state index in [0.29, 0.717) is 12.8 Å². The topological polar surface area (TPSA) is 97.5 Å². The second-order valence-electron chi connectivity index (χ2n) is 2.86. The molecule has 0 aliphatic carbocycles. The van der Waals surface area contributed by atoms with Crippen LogP contribution in [0.5, 0.6) is 0 Å². The molecule has 0 heterocycles. The van der Waals surface area contributed by atoms with E-state index in [0.717, 1.165) is 0 Å². The summed E-state index contributed by atoms with van der Waals surface area (Å²) in [6, 6.07) is 0. The van der Waals surface area contributed by atoms with Gasteiger partial charge in [-0.3, -0.25) is 0 Å². The van der Waals surface area contributed by atoms with Gasteiger partial charge in [-0.2, -0.15) is 0 Å². The minimum atomic E-state index is -3.87. The van der Waals surface area contributed by atoms with Crippen molar-refractivity contribution in [3.05, 3.63) is 0 Å². The third kappa shape index (κ3) is 3.52. The summed E-state index contributed by atoms with van der Waals surface area (Å²) >= 11 is 0. The zero-order chi connectivity index (χ0) is 11.4. The fourth-order valence-electron chi connectivity index (χ4n) is 0.869. The number of nitrogens with two attached hydrogens (primary N) is 1. The average molecular weight is 244 g/mol. The van der Waals surface area contributed by atoms with Crippen molar-refractivity contribution in [1.82, 2.24) is 3.82 Å². The van der Waals surface area contributed by atoms with Crippen LogP contribution < -0.4 is 5.84 Å². The molecule has 0 unspecified atom stereocenters. The molecule has 0 saturated carbocycles. The monoisotopic (exact) mass is 244 g/mol. The number of nitrogens with zero attached hydrogens (tertiary/aromatic N) is 1. The zero-order valence-electron chi connectivity index (χ0n) is 8.30. The molecule has 8 heteroatoms. The van der Waals surface area contributed by atoms with Gasteiger partial charge in [-0.15, -0.1) is 0 Å². The smallest absolute Gasteiger partial charge is 0.240 e. The van der Waals surface area contributed by atoms with Crippen LogP contribution in [-0.2, 0) is 20.0 Å². The molecule has 0 bridgehead atoms. The second-order valence-corrected chi connectivity index (χ2v) is 7.02. The van der Waals surface area contributed by atoms with Crippen molar-refractivity contribution in [2.24, 2.45) is 5.84 Å². The molecule has 0 aliphatic rings. The lowest BCUT2D eigenvalue weighted by Crippen LogP contribution is -2.44. The van der Waals surface area contributed by atoms with Crippen molar-refractivity contribution in [2.75, 3.05) is 11.5 Å². The van der Waals surface area contributed by atoms with E-state index in [1.807, 2.05) is 0 Å². The van der Waals surface area contributed by atoms with Gasteiger partial charge in [0.1, 0.15) is 0 Å². The van der Waals surface area contributed by atoms with Gasteiger partial charge in [-0.25, -0.2) is 22.7 Å². The maximum atomic E-state index is 11.3. The number of hydrazine groups is 1. The Morgan fingerprint density at radius 2 is 1.21 bits per heavy atom. The Labute approximate surface area is 85.2 Å². The molecule has 0 aliphatic heterocycles. The van der Waals surface area contributed by atoms with Gasteiger partial charge in [0.2, 0.25) is 20.0 Å². The van der Waals surface area contributed by atoms with E-state index in [9.17, 15) is 16.8 Å². The van der Waals surface area contributed by atoms with Crippen molar-refractivity contribution >= 4 is 20.0 Å². The van der Waals surface area contributed by atoms with E-state index < -0.39 is 20.0 Å². The van der Waals surface area contributed by atoms with Crippen LogP contribution in [0.3, 0.4) is 0 Å². The van der Waals surface area contributed by atoms with Gasteiger partial charge in [0, 0.05) is 0 Å². The molecule has 0 fully saturated rings. The van der Waals surface area contributed by atoms with Gasteiger partial charge in [0.05, 0.1) is 11.5 Å². The Balaban J connectivity index is 4.87. The molecule has 86 valence electrons. The van der Waals surface area contributed by atoms with E-state index in [1.165, 1.54) is 0 Å². The Kier molecular flexibility index (Phi) is 4.99. The third-order valence-corrected chi connectivity index (χ3v) is 5.78. The van der Waals surface area contributed by atoms with Gasteiger partial charge in [-0.05, 0) is 16.7 Å². The highest BCUT2D eigenvalue weighted by atomic mass is 32.3. The Morgan fingerprint density at radius 1 is 0.929 bits per heavy atom. The fraction of sp³-hybridized carbons (Fsp3) is 1.00. The number of sulfonamides is 2. The highest BCUT2D eigenvalue weighted by molar-refractivity contribution is 8.03. The van der Waals surface area contributed by atoms with Crippen molar-refractivity contribution in [3.8, 4) is 0 Å². The Hall–Kier alpha value is -0.180. The van der Waals surface area contributed by atoms with Crippen molar-refractivity contribution in [2.45, 2.75) is 26.7 Å². The van der Waals surface area contributed by atoms with E-state index in [4.69, 9.17) is 5.84 Å². The quantitative estimate of drug-likeness (QED) is 0.508. The van der Waals surface area contributed by atoms with Crippen LogP contribution in [0.25, 0.3) is 0 Å². The van der Waals surface area contributed by atoms with Crippen molar-refractivity contribution in [1.29, 1.82) is 0 Å². The molecule has 0 atom stereocenters. The van der Waals surface area contributed by atoms with Crippen LogP contribution in [0.2, 0.25) is 0 Å². The van der Waals surface area contributed by atoms with Crippen molar-refractivity contribution < 1.29 is 16.8 Å². The molecule has 0 amide bonds. The molecule has 6 nitrogen and oxygen atoms in total. The first-order valence-electron chi connectivity index (χ1n) is 4.28. The van der Waals surface area contributed by atoms with Crippen molar-refractivity contribution in [3.63, 3.8) is 0 Å². The molecular formula is C6H16N2O4S2. The highest BCUT2D eigenvalue weighted by Crippen LogP contribution is 2.06. The molecule has 0 aromatic heterocycles. The first-order valence-corrected chi connectivity index (χ1v) is 7.50. The zero-order valence-corrected chi connectivity index (χ0v) is 9.94. The highest BCUT2D eigenvalue weighted by Gasteiger charge is 2.29. The minimum absolute atomic E-state index is 0.00694. The molecule has 0 rings (SSSR count). The predicted molar refractivity (Wildman–Crippen MR) is 54.2 cm³/mol. The largest absolute Gasteiger partial charge is 0.241 e. The lowest BCUT2D eigenvalue weighted by Gasteiger charge is -2.15. The van der Waals surface area contributed by atoms with Crippen LogP contribution in [-0.4, -0.2) is 32.2 Å². The van der Waals surface area contributed by atoms with Crippen LogP contribution in [0.4, 0.5) is 0 Å². The molecule has 14 heavy (non-hydrogen) atoms. The first-order chi connectivity index (χ1) is 6.28. The minimum Gasteiger partial charge on any atom is -0.241 e. The maximum absolute atomic E-state index is 11.3. The summed E-state index contributed by atoms with van der Waals surface area (Å²) in [6.45, 7) is 3.27. The molecule has 2 N–H and O–H groups in total. The van der Waals surface area contributed by atoms with E-state index in [1.54, 1.807) is 13.8 Å². The summed E-state index contributed by atoms with van der Waals surface area (Å²) < 4.78 is 45.1. The second kappa shape index (κ2) is 5.06. The van der Waals surface area contributed by atoms with Gasteiger partial charge in [0.25, 0.3) is 0 Å². The third-order valence-electron chi connectivity index (χ3n) is 1.47. The standard InChI is InChI=1S/C6H16N2O4S2/c1-3-5-13(9,10)8(7)14(11,12)6-4-2/h3-7H2,1-2H3. The fourth-order valence-corrected chi connectivity index (χ4v) is 4.09. The number of rotatable bonds is 6. The Morgan fingerprint density at radius 3 is 1.43 bits per heavy atom. The van der Waals surface area contributed by atoms with Crippen LogP contribution in [0, 0.1) is 0 Å². The molecule has 0 aromatic rings. The summed E-state index contributed by atoms with van der Waals surface area (Å²) in [5.74, 6) is 4.54. The molecule has 0 spiro atoms. The summed E-state index contributed by atoms with van der Waals surface area (Å²) in [4.78, 5) is 0. The van der Waals surface area contributed by atoms with Crippen LogP contribution in [0.1, 0.15) is 26.7 Å². The SMILES string of the molecule is CCCS(=O)(=O)N(N)S(=O)(=O)CCC. The lowest BCUT2D eigenvalue weighted by molar-refractivity contribution is 0.505. The first kappa shape index (κ1) is 13.8. The maximum Gasteiger partial charge on any atom is 0.240 e. The Bertz CT molecular complexity index is 323. The van der Waals surface area contributed by atoms with Gasteiger partial charge in [0.15, 0.2) is 0 Å². The van der Waals surface area contributed by atoms with E-state index in [-0.39, 0.29) is 15.3 Å². The van der Waals surface area contributed by atoms with Gasteiger partial charge in [-0.1, -0.05) is 13.8 Å². The number of hydrogen-bond donors (Lipinski definition) is 1. The predicted octanol–water partition coefficient (Wildman–Crippen LogP) is -0.358. The van der Waals surface area contributed by atoms with E-state index in [2.05, 4.69) is 0 Å². The average Bonchev–Trinajstić information content (AvgIpc) is 2.02. The summed E-state index contributed by atoms with van der Waals surface area (Å²) in [7, 11) is -7.73. The van der Waals surface area contributed by atoms with E-state index >= 15 is 0 Å². The normalized spacial score (nSPS) is 13.4. The summed E-state index contributed by atoms with van der Waals surface area (Å²) in [6.07, 6.45) is 0.662. The molecule has 0 saturated heterocycles. The lowest BCUT2D eigenvalue weighted by atomic mass is 10.6. The summed E-state index contributed by atoms with van der Waals surface area (Å²) in [5, 5.41) is 0. The number of hydrogen-bond acceptors (Lipinski definition) is 5. The van der Waals surface area contributed by atoms with Gasteiger partial charge >= 0.3 is 0 Å². The molecule has 0 aromatic carbocycles. The van der Waals surface area contributed by atoms with Crippen LogP contribution in [0.15, 0.2) is 0 Å². The molecule has 0 radical (unpaired) electrons. The molecular weight excluding hydrogens is 228 g/mol. The van der Waals surface area contributed by atoms with Crippen LogP contribution >= 0.6 is 0 Å². The van der Waals surface area contributed by atoms with Gasteiger partial charge < -0.3 is 0 Å².